The third-order valence-corrected chi connectivity index (χ3v) is 3.89. The molecule has 0 bridgehead atoms. The topological polar surface area (TPSA) is 58.6 Å². The van der Waals surface area contributed by atoms with E-state index in [-0.39, 0.29) is 18.6 Å². The number of carbonyl (C=O) groups excluding carboxylic acids is 2. The summed E-state index contributed by atoms with van der Waals surface area (Å²) in [4.78, 5) is 25.4. The van der Waals surface area contributed by atoms with Gasteiger partial charge in [0, 0.05) is 11.4 Å². The third-order valence-electron chi connectivity index (χ3n) is 2.75. The first-order valence-corrected chi connectivity index (χ1v) is 6.16. The quantitative estimate of drug-likeness (QED) is 0.827. The van der Waals surface area contributed by atoms with Crippen LogP contribution in [-0.2, 0) is 9.53 Å². The van der Waals surface area contributed by atoms with Crippen molar-refractivity contribution in [2.45, 2.75) is 13.0 Å². The van der Waals surface area contributed by atoms with Gasteiger partial charge in [-0.05, 0) is 23.9 Å². The highest BCUT2D eigenvalue weighted by Crippen LogP contribution is 2.27. The van der Waals surface area contributed by atoms with Crippen LogP contribution in [0.3, 0.4) is 0 Å². The standard InChI is InChI=1S/C11H14N2O3S/c1-7-3-4-17-10(7)8-5-13(11(15)12-8)6-9(14)16-2/h3-4,8H,5-6H2,1-2H3,(H,12,15). The average Bonchev–Trinajstić information content (AvgIpc) is 2.86. The highest BCUT2D eigenvalue weighted by Gasteiger charge is 2.32. The summed E-state index contributed by atoms with van der Waals surface area (Å²) < 4.78 is 4.55. The van der Waals surface area contributed by atoms with E-state index in [9.17, 15) is 9.59 Å². The number of amides is 2. The number of aryl methyl sites for hydroxylation is 1. The summed E-state index contributed by atoms with van der Waals surface area (Å²) in [7, 11) is 1.32. The zero-order valence-corrected chi connectivity index (χ0v) is 10.5. The van der Waals surface area contributed by atoms with E-state index >= 15 is 0 Å². The van der Waals surface area contributed by atoms with Gasteiger partial charge in [0.15, 0.2) is 0 Å². The molecule has 0 radical (unpaired) electrons. The predicted octanol–water partition coefficient (Wildman–Crippen LogP) is 1.30. The molecule has 1 saturated heterocycles. The molecule has 0 aliphatic carbocycles. The smallest absolute Gasteiger partial charge is 0.325 e. The Balaban J connectivity index is 2.05. The van der Waals surface area contributed by atoms with E-state index in [0.29, 0.717) is 6.54 Å². The van der Waals surface area contributed by atoms with Crippen LogP contribution in [0.5, 0.6) is 0 Å². The van der Waals surface area contributed by atoms with Crippen LogP contribution in [0.25, 0.3) is 0 Å². The number of hydrogen-bond donors (Lipinski definition) is 1. The van der Waals surface area contributed by atoms with Gasteiger partial charge in [-0.1, -0.05) is 0 Å². The van der Waals surface area contributed by atoms with Crippen LogP contribution in [0.2, 0.25) is 0 Å². The Kier molecular flexibility index (Phi) is 3.33. The molecule has 0 saturated carbocycles. The Morgan fingerprint density at radius 1 is 1.71 bits per heavy atom. The number of ether oxygens (including phenoxy) is 1. The molecule has 1 fully saturated rings. The number of nitrogens with zero attached hydrogens (tertiary/aromatic N) is 1. The summed E-state index contributed by atoms with van der Waals surface area (Å²) in [6, 6.07) is 1.79. The molecule has 5 nitrogen and oxygen atoms in total. The lowest BCUT2D eigenvalue weighted by molar-refractivity contribution is -0.141. The van der Waals surface area contributed by atoms with Crippen LogP contribution in [0.15, 0.2) is 11.4 Å². The second-order valence-corrected chi connectivity index (χ2v) is 4.87. The molecule has 1 aromatic rings. The maximum Gasteiger partial charge on any atom is 0.325 e. The van der Waals surface area contributed by atoms with Gasteiger partial charge in [0.2, 0.25) is 0 Å². The molecule has 1 atom stereocenters. The van der Waals surface area contributed by atoms with Gasteiger partial charge in [-0.15, -0.1) is 11.3 Å². The van der Waals surface area contributed by atoms with E-state index in [0.717, 1.165) is 4.88 Å². The Morgan fingerprint density at radius 2 is 2.47 bits per heavy atom. The van der Waals surface area contributed by atoms with Crippen LogP contribution in [0, 0.1) is 6.92 Å². The minimum Gasteiger partial charge on any atom is -0.468 e. The number of hydrogen-bond acceptors (Lipinski definition) is 4. The molecular weight excluding hydrogens is 240 g/mol. The molecule has 2 amide bonds. The second kappa shape index (κ2) is 4.75. The molecular formula is C11H14N2O3S. The molecule has 1 aromatic heterocycles. The lowest BCUT2D eigenvalue weighted by atomic mass is 10.2. The molecule has 1 N–H and O–H groups in total. The van der Waals surface area contributed by atoms with Crippen molar-refractivity contribution in [3.8, 4) is 0 Å². The number of esters is 1. The Morgan fingerprint density at radius 3 is 3.06 bits per heavy atom. The molecule has 6 heteroatoms. The first-order valence-electron chi connectivity index (χ1n) is 5.28. The van der Waals surface area contributed by atoms with Crippen molar-refractivity contribution in [3.05, 3.63) is 21.9 Å². The fourth-order valence-electron chi connectivity index (χ4n) is 1.84. The number of rotatable bonds is 3. The molecule has 2 rings (SSSR count). The van der Waals surface area contributed by atoms with Crippen molar-refractivity contribution < 1.29 is 14.3 Å². The van der Waals surface area contributed by atoms with Crippen LogP contribution >= 0.6 is 11.3 Å². The molecule has 0 spiro atoms. The van der Waals surface area contributed by atoms with E-state index in [1.54, 1.807) is 11.3 Å². The molecule has 17 heavy (non-hydrogen) atoms. The Bertz CT molecular complexity index is 444. The summed E-state index contributed by atoms with van der Waals surface area (Å²) in [5.41, 5.74) is 1.17. The number of methoxy groups -OCH3 is 1. The van der Waals surface area contributed by atoms with E-state index < -0.39 is 5.97 Å². The molecule has 92 valence electrons. The van der Waals surface area contributed by atoms with E-state index in [4.69, 9.17) is 0 Å². The molecule has 1 unspecified atom stereocenters. The monoisotopic (exact) mass is 254 g/mol. The van der Waals surface area contributed by atoms with E-state index in [1.165, 1.54) is 17.6 Å². The zero-order chi connectivity index (χ0) is 12.4. The highest BCUT2D eigenvalue weighted by atomic mass is 32.1. The highest BCUT2D eigenvalue weighted by molar-refractivity contribution is 7.10. The summed E-state index contributed by atoms with van der Waals surface area (Å²) >= 11 is 1.62. The van der Waals surface area contributed by atoms with Crippen LogP contribution in [0.4, 0.5) is 4.79 Å². The minimum absolute atomic E-state index is 0.00323. The number of urea groups is 1. The zero-order valence-electron chi connectivity index (χ0n) is 9.73. The number of thiophene rings is 1. The second-order valence-electron chi connectivity index (χ2n) is 3.93. The number of nitrogens with one attached hydrogen (secondary N) is 1. The van der Waals surface area contributed by atoms with Gasteiger partial charge in [0.05, 0.1) is 13.2 Å². The Labute approximate surface area is 103 Å². The van der Waals surface area contributed by atoms with Gasteiger partial charge in [-0.2, -0.15) is 0 Å². The summed E-state index contributed by atoms with van der Waals surface area (Å²) in [6.45, 7) is 2.53. The van der Waals surface area contributed by atoms with Crippen LogP contribution in [-0.4, -0.2) is 37.1 Å². The van der Waals surface area contributed by atoms with Gasteiger partial charge < -0.3 is 15.0 Å². The van der Waals surface area contributed by atoms with Crippen LogP contribution < -0.4 is 5.32 Å². The van der Waals surface area contributed by atoms with Gasteiger partial charge >= 0.3 is 12.0 Å². The maximum absolute atomic E-state index is 11.7. The van der Waals surface area contributed by atoms with Gasteiger partial charge in [-0.3, -0.25) is 4.79 Å². The van der Waals surface area contributed by atoms with E-state index in [2.05, 4.69) is 10.1 Å². The van der Waals surface area contributed by atoms with Gasteiger partial charge in [0.25, 0.3) is 0 Å². The molecule has 1 aliphatic rings. The van der Waals surface area contributed by atoms with Crippen molar-refractivity contribution in [1.29, 1.82) is 0 Å². The fourth-order valence-corrected chi connectivity index (χ4v) is 2.81. The van der Waals surface area contributed by atoms with Crippen LogP contribution in [0.1, 0.15) is 16.5 Å². The first kappa shape index (κ1) is 11.9. The fraction of sp³-hybridized carbons (Fsp3) is 0.455. The minimum atomic E-state index is -0.399. The summed E-state index contributed by atoms with van der Waals surface area (Å²) in [5, 5.41) is 4.87. The molecule has 2 heterocycles. The summed E-state index contributed by atoms with van der Waals surface area (Å²) in [6.07, 6.45) is 0. The predicted molar refractivity (Wildman–Crippen MR) is 63.9 cm³/mol. The molecule has 0 aromatic carbocycles. The van der Waals surface area contributed by atoms with Crippen molar-refractivity contribution in [2.75, 3.05) is 20.2 Å². The average molecular weight is 254 g/mol. The number of carbonyl (C=O) groups is 2. The van der Waals surface area contributed by atoms with Gasteiger partial charge in [0.1, 0.15) is 6.54 Å². The SMILES string of the molecule is COC(=O)CN1CC(c2sccc2C)NC1=O. The van der Waals surface area contributed by atoms with Gasteiger partial charge in [-0.25, -0.2) is 4.79 Å². The first-order chi connectivity index (χ1) is 8.11. The summed E-state index contributed by atoms with van der Waals surface area (Å²) in [5.74, 6) is -0.399. The third kappa shape index (κ3) is 2.41. The van der Waals surface area contributed by atoms with Crippen molar-refractivity contribution in [3.63, 3.8) is 0 Å². The largest absolute Gasteiger partial charge is 0.468 e. The normalized spacial score (nSPS) is 19.3. The van der Waals surface area contributed by atoms with Crippen molar-refractivity contribution in [1.82, 2.24) is 10.2 Å². The maximum atomic E-state index is 11.7. The van der Waals surface area contributed by atoms with Crippen molar-refractivity contribution in [2.24, 2.45) is 0 Å². The Hall–Kier alpha value is -1.56. The van der Waals surface area contributed by atoms with Crippen molar-refractivity contribution >= 4 is 23.3 Å². The lowest BCUT2D eigenvalue weighted by Gasteiger charge is -2.12. The lowest BCUT2D eigenvalue weighted by Crippen LogP contribution is -2.33. The molecule has 1 aliphatic heterocycles. The van der Waals surface area contributed by atoms with E-state index in [1.807, 2.05) is 18.4 Å².